The Morgan fingerprint density at radius 1 is 1.33 bits per heavy atom. The third-order valence-electron chi connectivity index (χ3n) is 3.81. The minimum Gasteiger partial charge on any atom is -0.481 e. The molecule has 0 spiro atoms. The number of aromatic amines is 1. The Labute approximate surface area is 103 Å². The van der Waals surface area contributed by atoms with Gasteiger partial charge >= 0.3 is 5.97 Å². The Hall–Kier alpha value is -2.11. The number of amides is 1. The van der Waals surface area contributed by atoms with Crippen molar-refractivity contribution in [1.29, 1.82) is 0 Å². The van der Waals surface area contributed by atoms with Crippen LogP contribution in [0.4, 0.5) is 5.82 Å². The van der Waals surface area contributed by atoms with Crippen molar-refractivity contribution in [3.63, 3.8) is 0 Å². The van der Waals surface area contributed by atoms with E-state index in [0.717, 1.165) is 6.42 Å². The standard InChI is InChI=1S/C12H13N3O3/c16-11(14-8-3-4-13-15-8)9-6-1-2-7(5-6)10(9)12(17)18/h1-4,6-7,9-10H,5H2,(H,17,18)(H2,13,14,15,16). The van der Waals surface area contributed by atoms with Crippen LogP contribution < -0.4 is 5.32 Å². The SMILES string of the molecule is O=C(O)C1C2C=CC(C2)C1C(=O)Nc1ccn[nH]1. The molecule has 2 aliphatic rings. The number of hydrogen-bond donors (Lipinski definition) is 3. The number of carboxylic acids is 1. The summed E-state index contributed by atoms with van der Waals surface area (Å²) in [5.41, 5.74) is 0. The maximum atomic E-state index is 12.2. The molecule has 1 aromatic rings. The quantitative estimate of drug-likeness (QED) is 0.691. The molecule has 0 radical (unpaired) electrons. The van der Waals surface area contributed by atoms with Crippen LogP contribution in [0.3, 0.4) is 0 Å². The molecule has 1 fully saturated rings. The van der Waals surface area contributed by atoms with Crippen LogP contribution in [0.2, 0.25) is 0 Å². The number of fused-ring (bicyclic) bond motifs is 2. The Bertz CT molecular complexity index is 509. The first kappa shape index (κ1) is 11.0. The van der Waals surface area contributed by atoms with Crippen molar-refractivity contribution in [1.82, 2.24) is 10.2 Å². The van der Waals surface area contributed by atoms with E-state index in [1.165, 1.54) is 6.20 Å². The Morgan fingerprint density at radius 3 is 2.67 bits per heavy atom. The van der Waals surface area contributed by atoms with Gasteiger partial charge in [-0.25, -0.2) is 0 Å². The molecule has 6 heteroatoms. The second-order valence-corrected chi connectivity index (χ2v) is 4.80. The summed E-state index contributed by atoms with van der Waals surface area (Å²) in [4.78, 5) is 23.4. The smallest absolute Gasteiger partial charge is 0.307 e. The number of carbonyl (C=O) groups is 2. The van der Waals surface area contributed by atoms with Crippen LogP contribution in [-0.4, -0.2) is 27.2 Å². The van der Waals surface area contributed by atoms with Crippen LogP contribution >= 0.6 is 0 Å². The summed E-state index contributed by atoms with van der Waals surface area (Å²) in [6.07, 6.45) is 6.17. The molecule has 2 bridgehead atoms. The van der Waals surface area contributed by atoms with Crippen molar-refractivity contribution in [2.24, 2.45) is 23.7 Å². The van der Waals surface area contributed by atoms with E-state index in [9.17, 15) is 14.7 Å². The second-order valence-electron chi connectivity index (χ2n) is 4.80. The number of nitrogens with zero attached hydrogens (tertiary/aromatic N) is 1. The molecule has 2 aliphatic carbocycles. The first-order valence-electron chi connectivity index (χ1n) is 5.88. The van der Waals surface area contributed by atoms with Gasteiger partial charge < -0.3 is 10.4 Å². The van der Waals surface area contributed by atoms with Crippen LogP contribution in [-0.2, 0) is 9.59 Å². The lowest BCUT2D eigenvalue weighted by atomic mass is 9.82. The number of allylic oxidation sites excluding steroid dienone is 2. The average molecular weight is 247 g/mol. The van der Waals surface area contributed by atoms with Gasteiger partial charge in [0, 0.05) is 6.07 Å². The summed E-state index contributed by atoms with van der Waals surface area (Å²) in [5.74, 6) is -1.70. The maximum absolute atomic E-state index is 12.2. The Kier molecular flexibility index (Phi) is 2.43. The molecule has 1 saturated carbocycles. The fraction of sp³-hybridized carbons (Fsp3) is 0.417. The molecule has 94 valence electrons. The Balaban J connectivity index is 1.80. The molecule has 6 nitrogen and oxygen atoms in total. The van der Waals surface area contributed by atoms with Gasteiger partial charge in [0.2, 0.25) is 5.91 Å². The van der Waals surface area contributed by atoms with Gasteiger partial charge in [-0.05, 0) is 18.3 Å². The van der Waals surface area contributed by atoms with Crippen molar-refractivity contribution < 1.29 is 14.7 Å². The molecule has 1 amide bonds. The normalized spacial score (nSPS) is 32.7. The van der Waals surface area contributed by atoms with Crippen LogP contribution in [0, 0.1) is 23.7 Å². The molecule has 0 aromatic carbocycles. The van der Waals surface area contributed by atoms with E-state index in [0.29, 0.717) is 5.82 Å². The zero-order valence-electron chi connectivity index (χ0n) is 9.54. The van der Waals surface area contributed by atoms with Crippen LogP contribution in [0.5, 0.6) is 0 Å². The van der Waals surface area contributed by atoms with Gasteiger partial charge in [-0.2, -0.15) is 5.10 Å². The first-order valence-corrected chi connectivity index (χ1v) is 5.88. The fourth-order valence-corrected chi connectivity index (χ4v) is 3.06. The van der Waals surface area contributed by atoms with E-state index in [1.807, 2.05) is 12.2 Å². The lowest BCUT2D eigenvalue weighted by Gasteiger charge is -2.23. The predicted molar refractivity (Wildman–Crippen MR) is 62.6 cm³/mol. The van der Waals surface area contributed by atoms with Crippen molar-refractivity contribution in [3.05, 3.63) is 24.4 Å². The number of aromatic nitrogens is 2. The monoisotopic (exact) mass is 247 g/mol. The highest BCUT2D eigenvalue weighted by Gasteiger charge is 2.51. The molecule has 0 saturated heterocycles. The number of H-pyrrole nitrogens is 1. The minimum atomic E-state index is -0.892. The largest absolute Gasteiger partial charge is 0.481 e. The number of nitrogens with one attached hydrogen (secondary N) is 2. The summed E-state index contributed by atoms with van der Waals surface area (Å²) in [6, 6.07) is 1.64. The molecule has 18 heavy (non-hydrogen) atoms. The van der Waals surface area contributed by atoms with Gasteiger partial charge in [0.15, 0.2) is 0 Å². The highest BCUT2D eigenvalue weighted by molar-refractivity contribution is 5.95. The van der Waals surface area contributed by atoms with Crippen molar-refractivity contribution in [2.45, 2.75) is 6.42 Å². The molecular weight excluding hydrogens is 234 g/mol. The van der Waals surface area contributed by atoms with E-state index < -0.39 is 17.8 Å². The van der Waals surface area contributed by atoms with Gasteiger partial charge in [0.05, 0.1) is 18.0 Å². The van der Waals surface area contributed by atoms with Gasteiger partial charge in [-0.3, -0.25) is 14.7 Å². The lowest BCUT2D eigenvalue weighted by molar-refractivity contribution is -0.146. The zero-order valence-corrected chi connectivity index (χ0v) is 9.54. The van der Waals surface area contributed by atoms with Gasteiger partial charge in [0.1, 0.15) is 5.82 Å². The molecule has 4 unspecified atom stereocenters. The summed E-state index contributed by atoms with van der Waals surface area (Å²) >= 11 is 0. The molecule has 3 rings (SSSR count). The van der Waals surface area contributed by atoms with E-state index in [2.05, 4.69) is 15.5 Å². The van der Waals surface area contributed by atoms with Crippen molar-refractivity contribution in [3.8, 4) is 0 Å². The van der Waals surface area contributed by atoms with Crippen LogP contribution in [0.1, 0.15) is 6.42 Å². The van der Waals surface area contributed by atoms with Crippen molar-refractivity contribution in [2.75, 3.05) is 5.32 Å². The summed E-state index contributed by atoms with van der Waals surface area (Å²) in [5, 5.41) is 18.3. The number of carboxylic acid groups (broad SMARTS) is 1. The summed E-state index contributed by atoms with van der Waals surface area (Å²) in [6.45, 7) is 0. The lowest BCUT2D eigenvalue weighted by Crippen LogP contribution is -2.36. The van der Waals surface area contributed by atoms with Gasteiger partial charge in [-0.1, -0.05) is 12.2 Å². The zero-order chi connectivity index (χ0) is 12.7. The molecule has 1 aromatic heterocycles. The van der Waals surface area contributed by atoms with Crippen LogP contribution in [0.15, 0.2) is 24.4 Å². The minimum absolute atomic E-state index is 0.00924. The highest BCUT2D eigenvalue weighted by Crippen LogP contribution is 2.48. The summed E-state index contributed by atoms with van der Waals surface area (Å²) < 4.78 is 0. The molecular formula is C12H13N3O3. The van der Waals surface area contributed by atoms with E-state index >= 15 is 0 Å². The molecule has 3 N–H and O–H groups in total. The summed E-state index contributed by atoms with van der Waals surface area (Å²) in [7, 11) is 0. The molecule has 0 aliphatic heterocycles. The average Bonchev–Trinajstić information content (AvgIpc) is 3.03. The number of rotatable bonds is 3. The van der Waals surface area contributed by atoms with E-state index in [1.54, 1.807) is 6.07 Å². The topological polar surface area (TPSA) is 95.1 Å². The fourth-order valence-electron chi connectivity index (χ4n) is 3.06. The van der Waals surface area contributed by atoms with Gasteiger partial charge in [-0.15, -0.1) is 0 Å². The number of aliphatic carboxylic acids is 1. The third kappa shape index (κ3) is 1.61. The molecule has 1 heterocycles. The van der Waals surface area contributed by atoms with E-state index in [-0.39, 0.29) is 17.7 Å². The van der Waals surface area contributed by atoms with Crippen LogP contribution in [0.25, 0.3) is 0 Å². The maximum Gasteiger partial charge on any atom is 0.307 e. The Morgan fingerprint density at radius 2 is 2.06 bits per heavy atom. The molecule has 4 atom stereocenters. The van der Waals surface area contributed by atoms with Gasteiger partial charge in [0.25, 0.3) is 0 Å². The third-order valence-corrected chi connectivity index (χ3v) is 3.81. The number of anilines is 1. The highest BCUT2D eigenvalue weighted by atomic mass is 16.4. The number of carbonyl (C=O) groups excluding carboxylic acids is 1. The van der Waals surface area contributed by atoms with Crippen molar-refractivity contribution >= 4 is 17.7 Å². The van der Waals surface area contributed by atoms with E-state index in [4.69, 9.17) is 0 Å². The second kappa shape index (κ2) is 3.97. The predicted octanol–water partition coefficient (Wildman–Crippen LogP) is 0.871. The first-order chi connectivity index (χ1) is 8.66. The number of hydrogen-bond acceptors (Lipinski definition) is 3.